The van der Waals surface area contributed by atoms with E-state index in [0.29, 0.717) is 11.5 Å². The first-order valence-corrected chi connectivity index (χ1v) is 8.50. The minimum Gasteiger partial charge on any atom is -0.314 e. The van der Waals surface area contributed by atoms with Gasteiger partial charge in [-0.15, -0.1) is 0 Å². The van der Waals surface area contributed by atoms with Crippen LogP contribution in [0.2, 0.25) is 0 Å². The van der Waals surface area contributed by atoms with E-state index in [4.69, 9.17) is 0 Å². The van der Waals surface area contributed by atoms with Crippen molar-refractivity contribution in [3.05, 3.63) is 34.9 Å². The summed E-state index contributed by atoms with van der Waals surface area (Å²) in [5, 5.41) is 3.69. The fourth-order valence-electron chi connectivity index (χ4n) is 3.61. The normalized spacial score (nSPS) is 15.0. The van der Waals surface area contributed by atoms with E-state index in [1.807, 2.05) is 0 Å². The molecule has 1 nitrogen and oxygen atoms in total. The SMILES string of the molecule is CCNC(Cc1cc(C)cc(C)c1)CC(C)CC(C)(C)C. The summed E-state index contributed by atoms with van der Waals surface area (Å²) in [6.45, 7) is 17.1. The minimum atomic E-state index is 0.427. The lowest BCUT2D eigenvalue weighted by molar-refractivity contribution is 0.275. The molecule has 2 unspecified atom stereocenters. The van der Waals surface area contributed by atoms with Crippen molar-refractivity contribution in [1.29, 1.82) is 0 Å². The standard InChI is InChI=1S/C20H35N/c1-8-21-19(12-17(4)14-20(5,6)7)13-18-10-15(2)9-16(3)11-18/h9-11,17,19,21H,8,12-14H2,1-7H3. The molecule has 0 aromatic heterocycles. The number of rotatable bonds is 7. The highest BCUT2D eigenvalue weighted by Gasteiger charge is 2.19. The highest BCUT2D eigenvalue weighted by molar-refractivity contribution is 5.29. The van der Waals surface area contributed by atoms with E-state index < -0.39 is 0 Å². The summed E-state index contributed by atoms with van der Waals surface area (Å²) in [7, 11) is 0. The molecule has 0 spiro atoms. The zero-order chi connectivity index (χ0) is 16.0. The number of aryl methyl sites for hydroxylation is 2. The largest absolute Gasteiger partial charge is 0.314 e. The smallest absolute Gasteiger partial charge is 0.0110 e. The Morgan fingerprint density at radius 1 is 1.05 bits per heavy atom. The average molecular weight is 290 g/mol. The lowest BCUT2D eigenvalue weighted by Crippen LogP contribution is -2.33. The first kappa shape index (κ1) is 18.2. The Morgan fingerprint density at radius 3 is 2.10 bits per heavy atom. The molecule has 0 aliphatic heterocycles. The van der Waals surface area contributed by atoms with Gasteiger partial charge < -0.3 is 5.32 Å². The molecule has 0 heterocycles. The summed E-state index contributed by atoms with van der Waals surface area (Å²) >= 11 is 0. The Morgan fingerprint density at radius 2 is 1.62 bits per heavy atom. The number of hydrogen-bond acceptors (Lipinski definition) is 1. The van der Waals surface area contributed by atoms with Crippen LogP contribution in [0.4, 0.5) is 0 Å². The van der Waals surface area contributed by atoms with E-state index in [2.05, 4.69) is 72.0 Å². The van der Waals surface area contributed by atoms with Crippen LogP contribution in [0.15, 0.2) is 18.2 Å². The third-order valence-corrected chi connectivity index (χ3v) is 3.90. The molecule has 0 aliphatic carbocycles. The van der Waals surface area contributed by atoms with Gasteiger partial charge in [-0.3, -0.25) is 0 Å². The van der Waals surface area contributed by atoms with Crippen LogP contribution in [0.5, 0.6) is 0 Å². The fourth-order valence-corrected chi connectivity index (χ4v) is 3.61. The van der Waals surface area contributed by atoms with Crippen LogP contribution in [0.1, 0.15) is 64.2 Å². The Bertz CT molecular complexity index is 408. The van der Waals surface area contributed by atoms with Crippen molar-refractivity contribution in [2.24, 2.45) is 11.3 Å². The molecule has 0 radical (unpaired) electrons. The molecule has 1 heteroatoms. The number of benzene rings is 1. The van der Waals surface area contributed by atoms with Crippen LogP contribution < -0.4 is 5.32 Å². The molecular weight excluding hydrogens is 254 g/mol. The average Bonchev–Trinajstić information content (AvgIpc) is 2.24. The van der Waals surface area contributed by atoms with E-state index in [-0.39, 0.29) is 0 Å². The Hall–Kier alpha value is -0.820. The maximum absolute atomic E-state index is 3.69. The molecule has 21 heavy (non-hydrogen) atoms. The fraction of sp³-hybridized carbons (Fsp3) is 0.700. The van der Waals surface area contributed by atoms with Gasteiger partial charge in [-0.2, -0.15) is 0 Å². The molecule has 1 aromatic rings. The zero-order valence-electron chi connectivity index (χ0n) is 15.2. The number of nitrogens with one attached hydrogen (secondary N) is 1. The van der Waals surface area contributed by atoms with Crippen LogP contribution in [0.3, 0.4) is 0 Å². The first-order valence-electron chi connectivity index (χ1n) is 8.50. The molecule has 1 aromatic carbocycles. The Labute approximate surface area is 132 Å². The number of hydrogen-bond donors (Lipinski definition) is 1. The summed E-state index contributed by atoms with van der Waals surface area (Å²) in [5.41, 5.74) is 4.66. The van der Waals surface area contributed by atoms with Gasteiger partial charge in [-0.25, -0.2) is 0 Å². The third kappa shape index (κ3) is 7.66. The number of likely N-dealkylation sites (N-methyl/N-ethyl adjacent to an activating group) is 1. The van der Waals surface area contributed by atoms with Gasteiger partial charge in [0.15, 0.2) is 0 Å². The Balaban J connectivity index is 2.68. The highest BCUT2D eigenvalue weighted by Crippen LogP contribution is 2.27. The zero-order valence-corrected chi connectivity index (χ0v) is 15.2. The van der Waals surface area contributed by atoms with Crippen molar-refractivity contribution in [2.75, 3.05) is 6.54 Å². The second-order valence-corrected chi connectivity index (χ2v) is 8.06. The molecule has 1 rings (SSSR count). The maximum atomic E-state index is 3.69. The summed E-state index contributed by atoms with van der Waals surface area (Å²) < 4.78 is 0. The summed E-state index contributed by atoms with van der Waals surface area (Å²) in [6, 6.07) is 7.53. The van der Waals surface area contributed by atoms with E-state index >= 15 is 0 Å². The predicted molar refractivity (Wildman–Crippen MR) is 94.9 cm³/mol. The maximum Gasteiger partial charge on any atom is 0.0110 e. The monoisotopic (exact) mass is 289 g/mol. The van der Waals surface area contributed by atoms with Crippen molar-refractivity contribution in [1.82, 2.24) is 5.32 Å². The molecule has 0 amide bonds. The quantitative estimate of drug-likeness (QED) is 0.719. The van der Waals surface area contributed by atoms with Gasteiger partial charge in [0, 0.05) is 6.04 Å². The second-order valence-electron chi connectivity index (χ2n) is 8.06. The van der Waals surface area contributed by atoms with Crippen LogP contribution in [-0.2, 0) is 6.42 Å². The van der Waals surface area contributed by atoms with Crippen molar-refractivity contribution < 1.29 is 0 Å². The van der Waals surface area contributed by atoms with Gasteiger partial charge >= 0.3 is 0 Å². The van der Waals surface area contributed by atoms with Crippen LogP contribution >= 0.6 is 0 Å². The molecule has 0 aliphatic rings. The lowest BCUT2D eigenvalue weighted by atomic mass is 9.82. The van der Waals surface area contributed by atoms with Gasteiger partial charge in [-0.1, -0.05) is 63.9 Å². The summed E-state index contributed by atoms with van der Waals surface area (Å²) in [6.07, 6.45) is 3.70. The third-order valence-electron chi connectivity index (χ3n) is 3.90. The predicted octanol–water partition coefficient (Wildman–Crippen LogP) is 5.29. The van der Waals surface area contributed by atoms with Gasteiger partial charge in [-0.05, 0) is 56.6 Å². The molecule has 0 fully saturated rings. The molecular formula is C20H35N. The minimum absolute atomic E-state index is 0.427. The van der Waals surface area contributed by atoms with Crippen molar-refractivity contribution in [2.45, 2.75) is 73.8 Å². The van der Waals surface area contributed by atoms with Crippen molar-refractivity contribution >= 4 is 0 Å². The van der Waals surface area contributed by atoms with E-state index in [0.717, 1.165) is 18.9 Å². The summed E-state index contributed by atoms with van der Waals surface area (Å²) in [4.78, 5) is 0. The molecule has 1 N–H and O–H groups in total. The van der Waals surface area contributed by atoms with Gasteiger partial charge in [0.25, 0.3) is 0 Å². The molecule has 120 valence electrons. The molecule has 2 atom stereocenters. The van der Waals surface area contributed by atoms with Crippen molar-refractivity contribution in [3.63, 3.8) is 0 Å². The lowest BCUT2D eigenvalue weighted by Gasteiger charge is -2.27. The second kappa shape index (κ2) is 7.98. The van der Waals surface area contributed by atoms with E-state index in [1.54, 1.807) is 0 Å². The van der Waals surface area contributed by atoms with Crippen molar-refractivity contribution in [3.8, 4) is 0 Å². The van der Waals surface area contributed by atoms with Gasteiger partial charge in [0.05, 0.1) is 0 Å². The topological polar surface area (TPSA) is 12.0 Å². The van der Waals surface area contributed by atoms with Crippen LogP contribution in [-0.4, -0.2) is 12.6 Å². The van der Waals surface area contributed by atoms with Gasteiger partial charge in [0.1, 0.15) is 0 Å². The molecule has 0 saturated heterocycles. The van der Waals surface area contributed by atoms with Crippen LogP contribution in [0, 0.1) is 25.2 Å². The molecule has 0 saturated carbocycles. The van der Waals surface area contributed by atoms with E-state index in [1.165, 1.54) is 29.5 Å². The highest BCUT2D eigenvalue weighted by atomic mass is 14.9. The summed E-state index contributed by atoms with van der Waals surface area (Å²) in [5.74, 6) is 0.764. The molecule has 0 bridgehead atoms. The van der Waals surface area contributed by atoms with Crippen LogP contribution in [0.25, 0.3) is 0 Å². The Kier molecular flexibility index (Phi) is 6.93. The van der Waals surface area contributed by atoms with Gasteiger partial charge in [0.2, 0.25) is 0 Å². The first-order chi connectivity index (χ1) is 9.69. The van der Waals surface area contributed by atoms with E-state index in [9.17, 15) is 0 Å².